The normalized spacial score (nSPS) is 10.2. The van der Waals surface area contributed by atoms with Crippen LogP contribution in [0.1, 0.15) is 26.8 Å². The van der Waals surface area contributed by atoms with Crippen LogP contribution in [0.4, 0.5) is 5.69 Å². The van der Waals surface area contributed by atoms with Gasteiger partial charge in [-0.15, -0.1) is 0 Å². The van der Waals surface area contributed by atoms with E-state index in [2.05, 4.69) is 24.5 Å². The average molecular weight is 291 g/mol. The molecule has 0 unspecified atom stereocenters. The number of rotatable bonds is 3. The van der Waals surface area contributed by atoms with E-state index in [4.69, 9.17) is 5.73 Å². The highest BCUT2D eigenvalue weighted by atomic mass is 16.5. The summed E-state index contributed by atoms with van der Waals surface area (Å²) in [7, 11) is 2.46. The summed E-state index contributed by atoms with van der Waals surface area (Å²) in [6.07, 6.45) is 1.40. The molecular formula is C12H13N5O4. The monoisotopic (exact) mass is 291 g/mol. The number of carbonyl (C=O) groups excluding carboxylic acids is 2. The van der Waals surface area contributed by atoms with Gasteiger partial charge in [-0.05, 0) is 6.92 Å². The number of ether oxygens (including phenoxy) is 2. The van der Waals surface area contributed by atoms with Crippen LogP contribution in [0.25, 0.3) is 5.82 Å². The van der Waals surface area contributed by atoms with Crippen molar-refractivity contribution in [3.63, 3.8) is 0 Å². The molecule has 21 heavy (non-hydrogen) atoms. The van der Waals surface area contributed by atoms with E-state index in [1.807, 2.05) is 0 Å². The van der Waals surface area contributed by atoms with E-state index >= 15 is 0 Å². The molecule has 2 aromatic heterocycles. The van der Waals surface area contributed by atoms with Crippen LogP contribution in [-0.4, -0.2) is 45.9 Å². The first kappa shape index (κ1) is 14.4. The SMILES string of the molecule is COC(=O)c1nc(C)cc(-n2cc(N)c(C(=O)OC)n2)n1. The summed E-state index contributed by atoms with van der Waals surface area (Å²) in [6.45, 7) is 1.69. The highest BCUT2D eigenvalue weighted by Crippen LogP contribution is 2.14. The minimum atomic E-state index is -0.673. The van der Waals surface area contributed by atoms with Gasteiger partial charge in [-0.3, -0.25) is 0 Å². The maximum Gasteiger partial charge on any atom is 0.376 e. The van der Waals surface area contributed by atoms with Gasteiger partial charge < -0.3 is 15.2 Å². The minimum absolute atomic E-state index is 0.0339. The molecule has 0 saturated heterocycles. The van der Waals surface area contributed by atoms with Crippen molar-refractivity contribution >= 4 is 17.6 Å². The summed E-state index contributed by atoms with van der Waals surface area (Å²) in [5.74, 6) is -1.16. The molecule has 2 N–H and O–H groups in total. The first-order chi connectivity index (χ1) is 9.96. The van der Waals surface area contributed by atoms with Gasteiger partial charge in [-0.2, -0.15) is 5.10 Å². The lowest BCUT2D eigenvalue weighted by molar-refractivity contribution is 0.0580. The molecule has 0 aliphatic carbocycles. The smallest absolute Gasteiger partial charge is 0.376 e. The molecule has 0 amide bonds. The molecule has 0 aliphatic rings. The van der Waals surface area contributed by atoms with Crippen LogP contribution < -0.4 is 5.73 Å². The Labute approximate surface area is 119 Å². The Hall–Kier alpha value is -2.97. The number of nitrogens with two attached hydrogens (primary N) is 1. The first-order valence-corrected chi connectivity index (χ1v) is 5.84. The second kappa shape index (κ2) is 5.57. The molecule has 2 rings (SSSR count). The van der Waals surface area contributed by atoms with E-state index < -0.39 is 11.9 Å². The second-order valence-corrected chi connectivity index (χ2v) is 4.05. The van der Waals surface area contributed by atoms with Crippen molar-refractivity contribution in [1.82, 2.24) is 19.7 Å². The number of nitrogen functional groups attached to an aromatic ring is 1. The highest BCUT2D eigenvalue weighted by molar-refractivity contribution is 5.92. The molecule has 0 atom stereocenters. The van der Waals surface area contributed by atoms with Gasteiger partial charge in [0, 0.05) is 11.8 Å². The number of nitrogens with zero attached hydrogens (tertiary/aromatic N) is 4. The summed E-state index contributed by atoms with van der Waals surface area (Å²) >= 11 is 0. The largest absolute Gasteiger partial charge is 0.464 e. The van der Waals surface area contributed by atoms with E-state index in [0.717, 1.165) is 0 Å². The summed E-state index contributed by atoms with van der Waals surface area (Å²) in [5.41, 5.74) is 6.34. The third-order valence-corrected chi connectivity index (χ3v) is 2.56. The van der Waals surface area contributed by atoms with Crippen molar-refractivity contribution in [1.29, 1.82) is 0 Å². The van der Waals surface area contributed by atoms with Gasteiger partial charge in [0.1, 0.15) is 0 Å². The van der Waals surface area contributed by atoms with Gasteiger partial charge in [-0.1, -0.05) is 0 Å². The lowest BCUT2D eigenvalue weighted by Crippen LogP contribution is -2.12. The van der Waals surface area contributed by atoms with E-state index in [1.165, 1.54) is 25.1 Å². The summed E-state index contributed by atoms with van der Waals surface area (Å²) in [5, 5.41) is 3.99. The Morgan fingerprint density at radius 1 is 1.19 bits per heavy atom. The second-order valence-electron chi connectivity index (χ2n) is 4.05. The maximum atomic E-state index is 11.5. The number of hydrogen-bond acceptors (Lipinski definition) is 8. The van der Waals surface area contributed by atoms with Gasteiger partial charge in [0.2, 0.25) is 5.82 Å². The molecule has 2 heterocycles. The van der Waals surface area contributed by atoms with Crippen LogP contribution in [0.5, 0.6) is 0 Å². The quantitative estimate of drug-likeness (QED) is 0.791. The highest BCUT2D eigenvalue weighted by Gasteiger charge is 2.18. The number of aryl methyl sites for hydroxylation is 1. The predicted octanol–water partition coefficient (Wildman–Crippen LogP) is 0.126. The van der Waals surface area contributed by atoms with E-state index in [0.29, 0.717) is 5.69 Å². The van der Waals surface area contributed by atoms with Crippen molar-refractivity contribution in [3.05, 3.63) is 29.5 Å². The Balaban J connectivity index is 2.49. The fourth-order valence-electron chi connectivity index (χ4n) is 1.61. The molecule has 0 saturated carbocycles. The molecule has 9 nitrogen and oxygen atoms in total. The van der Waals surface area contributed by atoms with Gasteiger partial charge in [0.15, 0.2) is 11.5 Å². The molecule has 0 fully saturated rings. The molecule has 0 radical (unpaired) electrons. The van der Waals surface area contributed by atoms with Gasteiger partial charge >= 0.3 is 11.9 Å². The van der Waals surface area contributed by atoms with Crippen molar-refractivity contribution in [3.8, 4) is 5.82 Å². The van der Waals surface area contributed by atoms with Crippen LogP contribution in [0.2, 0.25) is 0 Å². The molecule has 2 aromatic rings. The van der Waals surface area contributed by atoms with E-state index in [1.54, 1.807) is 13.0 Å². The predicted molar refractivity (Wildman–Crippen MR) is 71.0 cm³/mol. The Bertz CT molecular complexity index is 710. The average Bonchev–Trinajstić information content (AvgIpc) is 2.87. The molecule has 0 bridgehead atoms. The number of hydrogen-bond donors (Lipinski definition) is 1. The van der Waals surface area contributed by atoms with Crippen molar-refractivity contribution in [2.24, 2.45) is 0 Å². The van der Waals surface area contributed by atoms with Crippen LogP contribution in [-0.2, 0) is 9.47 Å². The summed E-state index contributed by atoms with van der Waals surface area (Å²) in [4.78, 5) is 31.0. The fourth-order valence-corrected chi connectivity index (χ4v) is 1.61. The van der Waals surface area contributed by atoms with Crippen molar-refractivity contribution in [2.75, 3.05) is 20.0 Å². The molecule has 0 spiro atoms. The molecular weight excluding hydrogens is 278 g/mol. The van der Waals surface area contributed by atoms with Gasteiger partial charge in [0.05, 0.1) is 26.1 Å². The topological polar surface area (TPSA) is 122 Å². The zero-order valence-corrected chi connectivity index (χ0v) is 11.7. The van der Waals surface area contributed by atoms with Crippen LogP contribution in [0.15, 0.2) is 12.3 Å². The number of aromatic nitrogens is 4. The third-order valence-electron chi connectivity index (χ3n) is 2.56. The standard InChI is InChI=1S/C12H13N5O4/c1-6-4-8(15-10(14-6)12(19)21-3)17-5-7(13)9(16-17)11(18)20-2/h4-5H,13H2,1-3H3. The van der Waals surface area contributed by atoms with Crippen LogP contribution >= 0.6 is 0 Å². The fraction of sp³-hybridized carbons (Fsp3) is 0.250. The minimum Gasteiger partial charge on any atom is -0.464 e. The first-order valence-electron chi connectivity index (χ1n) is 5.84. The Morgan fingerprint density at radius 2 is 1.86 bits per heavy atom. The number of anilines is 1. The number of carbonyl (C=O) groups is 2. The van der Waals surface area contributed by atoms with Gasteiger partial charge in [-0.25, -0.2) is 24.2 Å². The van der Waals surface area contributed by atoms with Crippen molar-refractivity contribution in [2.45, 2.75) is 6.92 Å². The lowest BCUT2D eigenvalue weighted by Gasteiger charge is -2.04. The number of methoxy groups -OCH3 is 2. The van der Waals surface area contributed by atoms with E-state index in [9.17, 15) is 9.59 Å². The number of esters is 2. The molecule has 9 heteroatoms. The maximum absolute atomic E-state index is 11.5. The Kier molecular flexibility index (Phi) is 3.83. The Morgan fingerprint density at radius 3 is 2.48 bits per heavy atom. The zero-order chi connectivity index (χ0) is 15.6. The van der Waals surface area contributed by atoms with Gasteiger partial charge in [0.25, 0.3) is 0 Å². The summed E-state index contributed by atoms with van der Waals surface area (Å²) < 4.78 is 10.4. The third kappa shape index (κ3) is 2.81. The van der Waals surface area contributed by atoms with Crippen LogP contribution in [0.3, 0.4) is 0 Å². The molecule has 0 aliphatic heterocycles. The molecule has 0 aromatic carbocycles. The van der Waals surface area contributed by atoms with E-state index in [-0.39, 0.29) is 23.0 Å². The van der Waals surface area contributed by atoms with Crippen LogP contribution in [0, 0.1) is 6.92 Å². The van der Waals surface area contributed by atoms with Crippen molar-refractivity contribution < 1.29 is 19.1 Å². The zero-order valence-electron chi connectivity index (χ0n) is 11.7. The molecule has 110 valence electrons. The lowest BCUT2D eigenvalue weighted by atomic mass is 10.4. The summed E-state index contributed by atoms with van der Waals surface area (Å²) in [6, 6.07) is 1.58.